The quantitative estimate of drug-likeness (QED) is 0.0980. The van der Waals surface area contributed by atoms with Crippen LogP contribution in [0.15, 0.2) is 60.8 Å². The van der Waals surface area contributed by atoms with E-state index in [9.17, 15) is 40.0 Å². The van der Waals surface area contributed by atoms with E-state index < -0.39 is 64.9 Å². The number of nitro benzene ring substituents is 2. The molecule has 2 aromatic carbocycles. The van der Waals surface area contributed by atoms with Crippen molar-refractivity contribution in [2.75, 3.05) is 19.8 Å². The van der Waals surface area contributed by atoms with Crippen LogP contribution in [0, 0.1) is 20.2 Å². The van der Waals surface area contributed by atoms with Gasteiger partial charge in [0.15, 0.2) is 12.5 Å². The van der Waals surface area contributed by atoms with Crippen LogP contribution in [0.25, 0.3) is 0 Å². The average molecular weight is 632 g/mol. The van der Waals surface area contributed by atoms with Crippen molar-refractivity contribution >= 4 is 23.4 Å². The summed E-state index contributed by atoms with van der Waals surface area (Å²) in [5, 5.41) is 44.4. The summed E-state index contributed by atoms with van der Waals surface area (Å²) in [4.78, 5) is 47.4. The van der Waals surface area contributed by atoms with Gasteiger partial charge in [0.05, 0.1) is 29.7 Å². The summed E-state index contributed by atoms with van der Waals surface area (Å²) in [6, 6.07) is 10.8. The van der Waals surface area contributed by atoms with Gasteiger partial charge in [-0.3, -0.25) is 30.9 Å². The lowest BCUT2D eigenvalue weighted by Gasteiger charge is -2.37. The smallest absolute Gasteiger partial charge is 0.351 e. The molecule has 4 rings (SSSR count). The van der Waals surface area contributed by atoms with Crippen molar-refractivity contribution in [1.29, 1.82) is 0 Å². The van der Waals surface area contributed by atoms with Crippen LogP contribution in [-0.4, -0.2) is 93.3 Å². The summed E-state index contributed by atoms with van der Waals surface area (Å²) < 4.78 is 22.5. The SMILES string of the molecule is CC(OCCc1ccc([N+](=O)[O-])cc1)O[C@@H]1[C@H](O)[C@@H](CO)O[C@H]1N1C=CC(N)(C(=O)OCCc2ccc([N+](=O)[O-])cc2)NC1=O. The van der Waals surface area contributed by atoms with E-state index in [2.05, 4.69) is 5.32 Å². The van der Waals surface area contributed by atoms with Gasteiger partial charge in [-0.25, -0.2) is 9.59 Å². The summed E-state index contributed by atoms with van der Waals surface area (Å²) >= 11 is 0. The van der Waals surface area contributed by atoms with Gasteiger partial charge in [-0.1, -0.05) is 24.3 Å². The molecule has 0 aliphatic carbocycles. The third-order valence-electron chi connectivity index (χ3n) is 7.16. The van der Waals surface area contributed by atoms with Gasteiger partial charge in [-0.15, -0.1) is 0 Å². The zero-order valence-corrected chi connectivity index (χ0v) is 24.1. The first-order valence-electron chi connectivity index (χ1n) is 13.9. The molecule has 0 radical (unpaired) electrons. The highest BCUT2D eigenvalue weighted by Gasteiger charge is 2.51. The Bertz CT molecular complexity index is 1410. The minimum atomic E-state index is -2.03. The number of urea groups is 1. The molecule has 242 valence electrons. The van der Waals surface area contributed by atoms with E-state index in [0.717, 1.165) is 10.5 Å². The number of rotatable bonds is 14. The Morgan fingerprint density at radius 3 is 2.13 bits per heavy atom. The number of amides is 2. The molecule has 0 spiro atoms. The molecule has 0 bridgehead atoms. The van der Waals surface area contributed by atoms with Crippen molar-refractivity contribution < 1.29 is 48.6 Å². The highest BCUT2D eigenvalue weighted by molar-refractivity contribution is 5.90. The number of nitrogens with one attached hydrogen (secondary N) is 1. The zero-order valence-electron chi connectivity index (χ0n) is 24.1. The minimum absolute atomic E-state index is 0.0321. The number of carbonyl (C=O) groups is 2. The molecule has 2 amide bonds. The van der Waals surface area contributed by atoms with Crippen molar-refractivity contribution in [3.63, 3.8) is 0 Å². The van der Waals surface area contributed by atoms with E-state index >= 15 is 0 Å². The summed E-state index contributed by atoms with van der Waals surface area (Å²) in [6.07, 6.45) is -2.75. The lowest BCUT2D eigenvalue weighted by molar-refractivity contribution is -0.385. The minimum Gasteiger partial charge on any atom is -0.462 e. The molecule has 6 atom stereocenters. The zero-order chi connectivity index (χ0) is 32.7. The van der Waals surface area contributed by atoms with Gasteiger partial charge in [0.1, 0.15) is 18.3 Å². The lowest BCUT2D eigenvalue weighted by Crippen LogP contribution is -2.67. The van der Waals surface area contributed by atoms with Crippen molar-refractivity contribution in [3.05, 3.63) is 92.2 Å². The molecule has 0 saturated carbocycles. The van der Waals surface area contributed by atoms with Crippen LogP contribution in [0.5, 0.6) is 0 Å². The number of hydrogen-bond donors (Lipinski definition) is 4. The largest absolute Gasteiger partial charge is 0.462 e. The molecule has 1 fully saturated rings. The Morgan fingerprint density at radius 2 is 1.62 bits per heavy atom. The van der Waals surface area contributed by atoms with Crippen LogP contribution in [0.2, 0.25) is 0 Å². The molecule has 2 aromatic rings. The first kappa shape index (κ1) is 33.4. The molecule has 2 aliphatic heterocycles. The summed E-state index contributed by atoms with van der Waals surface area (Å²) in [7, 11) is 0. The number of non-ortho nitro benzene ring substituents is 2. The first-order chi connectivity index (χ1) is 21.4. The molecular weight excluding hydrogens is 598 g/mol. The average Bonchev–Trinajstić information content (AvgIpc) is 3.31. The molecule has 45 heavy (non-hydrogen) atoms. The molecule has 17 nitrogen and oxygen atoms in total. The normalized spacial score (nSPS) is 25.1. The molecule has 1 saturated heterocycles. The lowest BCUT2D eigenvalue weighted by atomic mass is 10.1. The topological polar surface area (TPSA) is 239 Å². The number of hydrogen-bond acceptors (Lipinski definition) is 13. The fraction of sp³-hybridized carbons (Fsp3) is 0.429. The Hall–Kier alpha value is -4.52. The maximum Gasteiger partial charge on any atom is 0.351 e. The van der Waals surface area contributed by atoms with E-state index in [1.807, 2.05) is 0 Å². The molecule has 2 unspecified atom stereocenters. The van der Waals surface area contributed by atoms with Gasteiger partial charge in [0.2, 0.25) is 5.66 Å². The monoisotopic (exact) mass is 631 g/mol. The number of nitrogens with two attached hydrogens (primary N) is 1. The molecule has 0 aromatic heterocycles. The summed E-state index contributed by atoms with van der Waals surface area (Å²) in [5.41, 5.74) is 5.44. The second-order valence-corrected chi connectivity index (χ2v) is 10.3. The second kappa shape index (κ2) is 14.5. The number of esters is 1. The van der Waals surface area contributed by atoms with Crippen molar-refractivity contribution in [1.82, 2.24) is 10.2 Å². The fourth-order valence-electron chi connectivity index (χ4n) is 4.66. The van der Waals surface area contributed by atoms with E-state index in [0.29, 0.717) is 12.0 Å². The molecule has 2 heterocycles. The van der Waals surface area contributed by atoms with Crippen molar-refractivity contribution in [2.24, 2.45) is 5.73 Å². The molecular formula is C28H33N5O12. The Morgan fingerprint density at radius 1 is 1.07 bits per heavy atom. The van der Waals surface area contributed by atoms with Crippen molar-refractivity contribution in [2.45, 2.75) is 56.3 Å². The molecule has 2 aliphatic rings. The van der Waals surface area contributed by atoms with Crippen LogP contribution in [0.1, 0.15) is 18.1 Å². The van der Waals surface area contributed by atoms with Crippen molar-refractivity contribution in [3.8, 4) is 0 Å². The van der Waals surface area contributed by atoms with Crippen LogP contribution >= 0.6 is 0 Å². The Balaban J connectivity index is 1.33. The number of nitro groups is 2. The number of benzene rings is 2. The number of carbonyl (C=O) groups excluding carboxylic acids is 2. The van der Waals surface area contributed by atoms with Crippen LogP contribution in [0.4, 0.5) is 16.2 Å². The predicted molar refractivity (Wildman–Crippen MR) is 153 cm³/mol. The van der Waals surface area contributed by atoms with Gasteiger partial charge in [-0.05, 0) is 30.5 Å². The van der Waals surface area contributed by atoms with Crippen LogP contribution in [-0.2, 0) is 36.6 Å². The third-order valence-corrected chi connectivity index (χ3v) is 7.16. The number of ether oxygens (including phenoxy) is 4. The van der Waals surface area contributed by atoms with Gasteiger partial charge < -0.3 is 34.5 Å². The van der Waals surface area contributed by atoms with E-state index in [-0.39, 0.29) is 31.0 Å². The van der Waals surface area contributed by atoms with E-state index in [4.69, 9.17) is 24.7 Å². The van der Waals surface area contributed by atoms with Gasteiger partial charge in [0, 0.05) is 36.9 Å². The maximum atomic E-state index is 13.1. The second-order valence-electron chi connectivity index (χ2n) is 10.3. The number of aliphatic hydroxyl groups excluding tert-OH is 2. The van der Waals surface area contributed by atoms with Crippen LogP contribution in [0.3, 0.4) is 0 Å². The van der Waals surface area contributed by atoms with Gasteiger partial charge >= 0.3 is 12.0 Å². The summed E-state index contributed by atoms with van der Waals surface area (Å²) in [5.74, 6) is -0.961. The highest BCUT2D eigenvalue weighted by Crippen LogP contribution is 2.30. The number of nitrogens with zero attached hydrogens (tertiary/aromatic N) is 3. The number of aliphatic hydroxyl groups is 2. The molecule has 17 heteroatoms. The standard InChI is InChI=1S/C28H33N5O12/c1-17(42-14-10-18-2-6-20(7-3-18)32(38)39)44-24-23(35)22(16-34)45-25(24)31-13-12-28(29,30-27(31)37)26(36)43-15-11-19-4-8-21(9-5-19)33(40)41/h2-9,12-13,17,22-25,34-35H,10-11,14-16,29H2,1H3,(H,30,37)/t17?,22-,23-,24-,25-,28?/m1/s1. The highest BCUT2D eigenvalue weighted by atomic mass is 16.7. The van der Waals surface area contributed by atoms with E-state index in [1.165, 1.54) is 48.7 Å². The van der Waals surface area contributed by atoms with Gasteiger partial charge in [-0.2, -0.15) is 0 Å². The Kier molecular flexibility index (Phi) is 10.8. The maximum absolute atomic E-state index is 13.1. The fourth-order valence-corrected chi connectivity index (χ4v) is 4.66. The molecule has 5 N–H and O–H groups in total. The van der Waals surface area contributed by atoms with Crippen LogP contribution < -0.4 is 11.1 Å². The summed E-state index contributed by atoms with van der Waals surface area (Å²) in [6.45, 7) is 1.05. The van der Waals surface area contributed by atoms with E-state index in [1.54, 1.807) is 19.1 Å². The Labute approximate surface area is 256 Å². The third kappa shape index (κ3) is 8.15. The predicted octanol–water partition coefficient (Wildman–Crippen LogP) is 0.851. The first-order valence-corrected chi connectivity index (χ1v) is 13.9. The van der Waals surface area contributed by atoms with Gasteiger partial charge in [0.25, 0.3) is 11.4 Å².